The van der Waals surface area contributed by atoms with Gasteiger partial charge in [-0.25, -0.2) is 0 Å². The van der Waals surface area contributed by atoms with Gasteiger partial charge in [0.05, 0.1) is 12.7 Å². The smallest absolute Gasteiger partial charge is 0.416 e. The van der Waals surface area contributed by atoms with Gasteiger partial charge in [0.2, 0.25) is 0 Å². The van der Waals surface area contributed by atoms with Crippen LogP contribution in [0.15, 0.2) is 12.1 Å². The van der Waals surface area contributed by atoms with Crippen molar-refractivity contribution in [1.29, 1.82) is 0 Å². The Hall–Kier alpha value is -0.940. The van der Waals surface area contributed by atoms with Crippen molar-refractivity contribution in [2.24, 2.45) is 5.73 Å². The van der Waals surface area contributed by atoms with E-state index < -0.39 is 17.3 Å². The highest BCUT2D eigenvalue weighted by Gasteiger charge is 2.40. The second-order valence-electron chi connectivity index (χ2n) is 4.54. The predicted octanol–water partition coefficient (Wildman–Crippen LogP) is 3.71. The van der Waals surface area contributed by atoms with Crippen LogP contribution in [0, 0.1) is 0 Å². The molecule has 1 aliphatic carbocycles. The minimum atomic E-state index is -4.45. The van der Waals surface area contributed by atoms with Crippen molar-refractivity contribution in [1.82, 2.24) is 0 Å². The predicted molar refractivity (Wildman–Crippen MR) is 62.7 cm³/mol. The number of rotatable bonds is 2. The van der Waals surface area contributed by atoms with Crippen LogP contribution in [-0.2, 0) is 11.7 Å². The van der Waals surface area contributed by atoms with Crippen molar-refractivity contribution in [2.45, 2.75) is 31.0 Å². The molecule has 0 aliphatic heterocycles. The maximum Gasteiger partial charge on any atom is 0.416 e. The molecule has 0 saturated heterocycles. The van der Waals surface area contributed by atoms with E-state index in [-0.39, 0.29) is 10.8 Å². The molecule has 2 nitrogen and oxygen atoms in total. The maximum atomic E-state index is 12.7. The van der Waals surface area contributed by atoms with Crippen molar-refractivity contribution in [3.63, 3.8) is 0 Å². The summed E-state index contributed by atoms with van der Waals surface area (Å²) in [6.45, 7) is 0. The summed E-state index contributed by atoms with van der Waals surface area (Å²) in [5.74, 6) is 0.108. The molecule has 1 saturated carbocycles. The normalized spacial score (nSPS) is 18.3. The van der Waals surface area contributed by atoms with Crippen LogP contribution in [0.25, 0.3) is 0 Å². The number of alkyl halides is 3. The van der Waals surface area contributed by atoms with E-state index in [1.165, 1.54) is 7.11 Å². The molecule has 1 aromatic rings. The van der Waals surface area contributed by atoms with Crippen molar-refractivity contribution < 1.29 is 17.9 Å². The van der Waals surface area contributed by atoms with E-state index in [1.807, 2.05) is 0 Å². The first-order valence-electron chi connectivity index (χ1n) is 5.52. The number of hydrogen-bond donors (Lipinski definition) is 1. The molecule has 0 atom stereocenters. The summed E-state index contributed by atoms with van der Waals surface area (Å²) in [6.07, 6.45) is -2.10. The molecule has 2 N–H and O–H groups in total. The molecule has 0 amide bonds. The highest BCUT2D eigenvalue weighted by atomic mass is 35.5. The lowest BCUT2D eigenvalue weighted by Crippen LogP contribution is -2.43. The molecule has 18 heavy (non-hydrogen) atoms. The molecule has 100 valence electrons. The van der Waals surface area contributed by atoms with E-state index in [2.05, 4.69) is 0 Å². The van der Waals surface area contributed by atoms with Crippen LogP contribution < -0.4 is 10.5 Å². The Kier molecular flexibility index (Phi) is 3.23. The van der Waals surface area contributed by atoms with Gasteiger partial charge in [0.15, 0.2) is 0 Å². The quantitative estimate of drug-likeness (QED) is 0.896. The van der Waals surface area contributed by atoms with Gasteiger partial charge in [0, 0.05) is 16.1 Å². The number of methoxy groups -OCH3 is 1. The summed E-state index contributed by atoms with van der Waals surface area (Å²) < 4.78 is 43.0. The van der Waals surface area contributed by atoms with Crippen LogP contribution >= 0.6 is 11.6 Å². The SMILES string of the molecule is COc1cc(C(F)(F)F)cc(Cl)c1C1(N)CCC1. The van der Waals surface area contributed by atoms with E-state index in [0.717, 1.165) is 18.6 Å². The van der Waals surface area contributed by atoms with E-state index in [1.54, 1.807) is 0 Å². The van der Waals surface area contributed by atoms with Crippen LogP contribution in [0.4, 0.5) is 13.2 Å². The Balaban J connectivity index is 2.55. The first-order chi connectivity index (χ1) is 8.28. The number of benzene rings is 1. The van der Waals surface area contributed by atoms with Crippen LogP contribution in [0.3, 0.4) is 0 Å². The van der Waals surface area contributed by atoms with Gasteiger partial charge in [-0.1, -0.05) is 11.6 Å². The largest absolute Gasteiger partial charge is 0.496 e. The third kappa shape index (κ3) is 2.17. The molecule has 0 heterocycles. The number of hydrogen-bond acceptors (Lipinski definition) is 2. The summed E-state index contributed by atoms with van der Waals surface area (Å²) in [5, 5.41) is 0.0175. The Morgan fingerprint density at radius 3 is 2.33 bits per heavy atom. The van der Waals surface area contributed by atoms with E-state index in [4.69, 9.17) is 22.1 Å². The molecule has 0 aromatic heterocycles. The highest BCUT2D eigenvalue weighted by molar-refractivity contribution is 6.31. The monoisotopic (exact) mass is 279 g/mol. The average Bonchev–Trinajstić information content (AvgIpc) is 2.23. The maximum absolute atomic E-state index is 12.7. The Morgan fingerprint density at radius 2 is 1.94 bits per heavy atom. The lowest BCUT2D eigenvalue weighted by Gasteiger charge is -2.40. The lowest BCUT2D eigenvalue weighted by molar-refractivity contribution is -0.137. The molecule has 0 spiro atoms. The minimum absolute atomic E-state index is 0.0175. The Bertz CT molecular complexity index is 469. The van der Waals surface area contributed by atoms with E-state index in [0.29, 0.717) is 18.4 Å². The second-order valence-corrected chi connectivity index (χ2v) is 4.95. The van der Waals surface area contributed by atoms with Gasteiger partial charge in [-0.2, -0.15) is 13.2 Å². The van der Waals surface area contributed by atoms with E-state index >= 15 is 0 Å². The summed E-state index contributed by atoms with van der Waals surface area (Å²) in [4.78, 5) is 0. The summed E-state index contributed by atoms with van der Waals surface area (Å²) >= 11 is 5.96. The molecule has 0 bridgehead atoms. The fourth-order valence-electron chi connectivity index (χ4n) is 2.20. The zero-order valence-corrected chi connectivity index (χ0v) is 10.5. The molecule has 1 fully saturated rings. The van der Waals surface area contributed by atoms with Crippen molar-refractivity contribution in [3.8, 4) is 5.75 Å². The fourth-order valence-corrected chi connectivity index (χ4v) is 2.60. The zero-order valence-electron chi connectivity index (χ0n) is 9.77. The van der Waals surface area contributed by atoms with Crippen LogP contribution in [0.2, 0.25) is 5.02 Å². The van der Waals surface area contributed by atoms with Crippen LogP contribution in [0.5, 0.6) is 5.75 Å². The minimum Gasteiger partial charge on any atom is -0.496 e. The zero-order chi connectivity index (χ0) is 13.6. The number of nitrogens with two attached hydrogens (primary N) is 1. The number of halogens is 4. The fraction of sp³-hybridized carbons (Fsp3) is 0.500. The highest BCUT2D eigenvalue weighted by Crippen LogP contribution is 2.47. The lowest BCUT2D eigenvalue weighted by atomic mass is 9.72. The average molecular weight is 280 g/mol. The van der Waals surface area contributed by atoms with Crippen molar-refractivity contribution in [2.75, 3.05) is 7.11 Å². The molecular formula is C12H13ClF3NO. The third-order valence-corrected chi connectivity index (χ3v) is 3.64. The van der Waals surface area contributed by atoms with Gasteiger partial charge in [0.25, 0.3) is 0 Å². The molecule has 1 aromatic carbocycles. The molecule has 0 unspecified atom stereocenters. The van der Waals surface area contributed by atoms with E-state index in [9.17, 15) is 13.2 Å². The molecule has 0 radical (unpaired) electrons. The summed E-state index contributed by atoms with van der Waals surface area (Å²) in [7, 11) is 1.32. The van der Waals surface area contributed by atoms with Crippen molar-refractivity contribution in [3.05, 3.63) is 28.3 Å². The first kappa shape index (κ1) is 13.5. The topological polar surface area (TPSA) is 35.2 Å². The van der Waals surface area contributed by atoms with Crippen LogP contribution in [-0.4, -0.2) is 7.11 Å². The van der Waals surface area contributed by atoms with Gasteiger partial charge in [-0.15, -0.1) is 0 Å². The Labute approximate surface area is 108 Å². The molecule has 2 rings (SSSR count). The van der Waals surface area contributed by atoms with Gasteiger partial charge < -0.3 is 10.5 Å². The molecule has 6 heteroatoms. The molecule has 1 aliphatic rings. The van der Waals surface area contributed by atoms with Gasteiger partial charge in [-0.05, 0) is 31.4 Å². The summed E-state index contributed by atoms with van der Waals surface area (Å²) in [5.41, 5.74) is 5.11. The Morgan fingerprint density at radius 1 is 1.33 bits per heavy atom. The van der Waals surface area contributed by atoms with Gasteiger partial charge >= 0.3 is 6.18 Å². The second kappa shape index (κ2) is 4.31. The van der Waals surface area contributed by atoms with Gasteiger partial charge in [-0.3, -0.25) is 0 Å². The standard InChI is InChI=1S/C12H13ClF3NO/c1-18-9-6-7(12(14,15)16)5-8(13)10(9)11(17)3-2-4-11/h5-6H,2-4,17H2,1H3. The molecular weight excluding hydrogens is 267 g/mol. The third-order valence-electron chi connectivity index (χ3n) is 3.34. The van der Waals surface area contributed by atoms with Crippen LogP contribution in [0.1, 0.15) is 30.4 Å². The van der Waals surface area contributed by atoms with Gasteiger partial charge in [0.1, 0.15) is 5.75 Å². The number of ether oxygens (including phenoxy) is 1. The van der Waals surface area contributed by atoms with Crippen molar-refractivity contribution >= 4 is 11.6 Å². The summed E-state index contributed by atoms with van der Waals surface area (Å²) in [6, 6.07) is 1.86. The first-order valence-corrected chi connectivity index (χ1v) is 5.90.